The lowest BCUT2D eigenvalue weighted by Gasteiger charge is -2.09. The van der Waals surface area contributed by atoms with Crippen molar-refractivity contribution in [2.75, 3.05) is 19.0 Å². The topological polar surface area (TPSA) is 90.2 Å². The summed E-state index contributed by atoms with van der Waals surface area (Å²) in [4.78, 5) is 29.5. The second-order valence-corrected chi connectivity index (χ2v) is 8.48. The fourth-order valence-corrected chi connectivity index (χ4v) is 3.40. The highest BCUT2D eigenvalue weighted by Crippen LogP contribution is 2.35. The molecular weight excluding hydrogens is 394 g/mol. The lowest BCUT2D eigenvalue weighted by Crippen LogP contribution is -2.27. The van der Waals surface area contributed by atoms with Gasteiger partial charge >= 0.3 is 0 Å². The number of nitrogens with zero attached hydrogens (tertiary/aromatic N) is 3. The smallest absolute Gasteiger partial charge is 0.256 e. The maximum absolute atomic E-state index is 12.7. The number of hydrogen-bond acceptors (Lipinski definition) is 4. The van der Waals surface area contributed by atoms with Crippen LogP contribution >= 0.6 is 0 Å². The summed E-state index contributed by atoms with van der Waals surface area (Å²) in [5, 5.41) is 5.85. The highest BCUT2D eigenvalue weighted by molar-refractivity contribution is 6.00. The first-order valence-corrected chi connectivity index (χ1v) is 10.4. The summed E-state index contributed by atoms with van der Waals surface area (Å²) in [7, 11) is 5.34. The molecule has 0 unspecified atom stereocenters. The molecular formula is C23H31N5O3. The SMILES string of the molecule is COc1c(C(=O)NCC(C)C)cn(C)c1-c1nc2cc(NC(=O)C(C)C)ccc2n1C. The monoisotopic (exact) mass is 425 g/mol. The van der Waals surface area contributed by atoms with Gasteiger partial charge in [0.1, 0.15) is 5.69 Å². The number of imidazole rings is 1. The van der Waals surface area contributed by atoms with Crippen LogP contribution in [0.25, 0.3) is 22.6 Å². The second-order valence-electron chi connectivity index (χ2n) is 8.48. The number of carbonyl (C=O) groups excluding carboxylic acids is 2. The van der Waals surface area contributed by atoms with E-state index in [1.54, 1.807) is 13.3 Å². The fraction of sp³-hybridized carbons (Fsp3) is 0.435. The molecule has 0 atom stereocenters. The van der Waals surface area contributed by atoms with E-state index in [9.17, 15) is 9.59 Å². The number of fused-ring (bicyclic) bond motifs is 1. The molecule has 31 heavy (non-hydrogen) atoms. The molecule has 8 heteroatoms. The molecule has 0 bridgehead atoms. The van der Waals surface area contributed by atoms with E-state index in [0.29, 0.717) is 41.0 Å². The first-order valence-electron chi connectivity index (χ1n) is 10.4. The molecule has 8 nitrogen and oxygen atoms in total. The average Bonchev–Trinajstić information content (AvgIpc) is 3.21. The number of hydrogen-bond donors (Lipinski definition) is 2. The summed E-state index contributed by atoms with van der Waals surface area (Å²) in [5.41, 5.74) is 3.53. The van der Waals surface area contributed by atoms with Gasteiger partial charge < -0.3 is 24.5 Å². The van der Waals surface area contributed by atoms with E-state index in [1.807, 2.05) is 69.1 Å². The molecule has 0 saturated carbocycles. The van der Waals surface area contributed by atoms with Crippen molar-refractivity contribution in [2.24, 2.45) is 25.9 Å². The molecule has 2 aromatic heterocycles. The number of aromatic nitrogens is 3. The third-order valence-corrected chi connectivity index (χ3v) is 5.14. The molecule has 3 rings (SSSR count). The molecule has 0 spiro atoms. The number of nitrogens with one attached hydrogen (secondary N) is 2. The number of ether oxygens (including phenoxy) is 1. The maximum Gasteiger partial charge on any atom is 0.256 e. The summed E-state index contributed by atoms with van der Waals surface area (Å²) in [5.74, 6) is 1.17. The van der Waals surface area contributed by atoms with Crippen LogP contribution in [0.5, 0.6) is 5.75 Å². The van der Waals surface area contributed by atoms with Crippen molar-refractivity contribution in [1.29, 1.82) is 0 Å². The van der Waals surface area contributed by atoms with Gasteiger partial charge in [-0.25, -0.2) is 4.98 Å². The van der Waals surface area contributed by atoms with Crippen molar-refractivity contribution in [3.05, 3.63) is 30.0 Å². The number of rotatable bonds is 7. The minimum atomic E-state index is -0.176. The van der Waals surface area contributed by atoms with Crippen LogP contribution in [-0.4, -0.2) is 39.6 Å². The third kappa shape index (κ3) is 4.42. The molecule has 0 aliphatic carbocycles. The van der Waals surface area contributed by atoms with Crippen molar-refractivity contribution < 1.29 is 14.3 Å². The van der Waals surface area contributed by atoms with Gasteiger partial charge in [0.05, 0.1) is 23.7 Å². The molecule has 2 heterocycles. The first-order chi connectivity index (χ1) is 14.6. The van der Waals surface area contributed by atoms with E-state index in [-0.39, 0.29) is 17.7 Å². The Hall–Kier alpha value is -3.29. The first kappa shape index (κ1) is 22.4. The number of carbonyl (C=O) groups is 2. The molecule has 0 fully saturated rings. The Labute approximate surface area is 182 Å². The number of amides is 2. The zero-order chi connectivity index (χ0) is 22.9. The van der Waals surface area contributed by atoms with E-state index in [2.05, 4.69) is 10.6 Å². The summed E-state index contributed by atoms with van der Waals surface area (Å²) < 4.78 is 9.45. The maximum atomic E-state index is 12.7. The number of benzene rings is 1. The van der Waals surface area contributed by atoms with Crippen molar-refractivity contribution in [1.82, 2.24) is 19.4 Å². The third-order valence-electron chi connectivity index (χ3n) is 5.14. The van der Waals surface area contributed by atoms with Gasteiger partial charge in [0, 0.05) is 38.4 Å². The zero-order valence-corrected chi connectivity index (χ0v) is 19.2. The number of methoxy groups -OCH3 is 1. The van der Waals surface area contributed by atoms with Crippen LogP contribution < -0.4 is 15.4 Å². The van der Waals surface area contributed by atoms with Crippen LogP contribution in [0.2, 0.25) is 0 Å². The van der Waals surface area contributed by atoms with Crippen molar-refractivity contribution >= 4 is 28.5 Å². The minimum Gasteiger partial charge on any atom is -0.494 e. The van der Waals surface area contributed by atoms with Gasteiger partial charge in [0.25, 0.3) is 5.91 Å². The Kier molecular flexibility index (Phi) is 6.38. The van der Waals surface area contributed by atoms with Crippen LogP contribution in [0, 0.1) is 11.8 Å². The Bertz CT molecular complexity index is 1120. The van der Waals surface area contributed by atoms with Crippen LogP contribution in [0.1, 0.15) is 38.1 Å². The predicted molar refractivity (Wildman–Crippen MR) is 122 cm³/mol. The highest BCUT2D eigenvalue weighted by atomic mass is 16.5. The van der Waals surface area contributed by atoms with Crippen LogP contribution in [0.4, 0.5) is 5.69 Å². The average molecular weight is 426 g/mol. The van der Waals surface area contributed by atoms with E-state index in [0.717, 1.165) is 11.0 Å². The van der Waals surface area contributed by atoms with Crippen molar-refractivity contribution in [3.63, 3.8) is 0 Å². The number of aryl methyl sites for hydroxylation is 2. The Morgan fingerprint density at radius 3 is 2.48 bits per heavy atom. The van der Waals surface area contributed by atoms with Crippen LogP contribution in [-0.2, 0) is 18.9 Å². The normalized spacial score (nSPS) is 11.4. The predicted octanol–water partition coefficient (Wildman–Crippen LogP) is 3.57. The van der Waals surface area contributed by atoms with Gasteiger partial charge in [-0.2, -0.15) is 0 Å². The zero-order valence-electron chi connectivity index (χ0n) is 19.2. The Morgan fingerprint density at radius 2 is 1.87 bits per heavy atom. The molecule has 0 radical (unpaired) electrons. The fourth-order valence-electron chi connectivity index (χ4n) is 3.40. The molecule has 2 amide bonds. The molecule has 3 aromatic rings. The largest absolute Gasteiger partial charge is 0.494 e. The van der Waals surface area contributed by atoms with Gasteiger partial charge in [-0.3, -0.25) is 9.59 Å². The summed E-state index contributed by atoms with van der Waals surface area (Å²) >= 11 is 0. The van der Waals surface area contributed by atoms with Crippen molar-refractivity contribution in [3.8, 4) is 17.3 Å². The molecule has 0 aliphatic rings. The van der Waals surface area contributed by atoms with E-state index < -0.39 is 0 Å². The molecule has 0 aliphatic heterocycles. The Balaban J connectivity index is 2.04. The van der Waals surface area contributed by atoms with Crippen LogP contribution in [0.3, 0.4) is 0 Å². The van der Waals surface area contributed by atoms with Crippen LogP contribution in [0.15, 0.2) is 24.4 Å². The number of anilines is 1. The summed E-state index contributed by atoms with van der Waals surface area (Å²) in [6.07, 6.45) is 1.76. The molecule has 0 saturated heterocycles. The quantitative estimate of drug-likeness (QED) is 0.606. The minimum absolute atomic E-state index is 0.0448. The van der Waals surface area contributed by atoms with Gasteiger partial charge in [-0.15, -0.1) is 0 Å². The lowest BCUT2D eigenvalue weighted by atomic mass is 10.2. The summed E-state index contributed by atoms with van der Waals surface area (Å²) in [6, 6.07) is 5.64. The molecule has 1 aromatic carbocycles. The van der Waals surface area contributed by atoms with Crippen molar-refractivity contribution in [2.45, 2.75) is 27.7 Å². The van der Waals surface area contributed by atoms with Gasteiger partial charge in [0.2, 0.25) is 5.91 Å². The summed E-state index contributed by atoms with van der Waals surface area (Å²) in [6.45, 7) is 8.38. The van der Waals surface area contributed by atoms with Gasteiger partial charge in [-0.1, -0.05) is 27.7 Å². The molecule has 2 N–H and O–H groups in total. The van der Waals surface area contributed by atoms with E-state index in [4.69, 9.17) is 9.72 Å². The van der Waals surface area contributed by atoms with Gasteiger partial charge in [0.15, 0.2) is 11.6 Å². The highest BCUT2D eigenvalue weighted by Gasteiger charge is 2.25. The lowest BCUT2D eigenvalue weighted by molar-refractivity contribution is -0.118. The van der Waals surface area contributed by atoms with Gasteiger partial charge in [-0.05, 0) is 24.1 Å². The standard InChI is InChI=1S/C23H31N5O3/c1-13(2)11-24-23(30)16-12-27(5)19(20(16)31-7)21-26-17-10-15(25-22(29)14(3)4)8-9-18(17)28(21)6/h8-10,12-14H,11H2,1-7H3,(H,24,30)(H,25,29). The van der Waals surface area contributed by atoms with E-state index in [1.165, 1.54) is 0 Å². The molecule has 166 valence electrons. The second kappa shape index (κ2) is 8.83. The van der Waals surface area contributed by atoms with E-state index >= 15 is 0 Å². The Morgan fingerprint density at radius 1 is 1.16 bits per heavy atom.